The molecule has 1 saturated carbocycles. The van der Waals surface area contributed by atoms with Crippen molar-refractivity contribution in [3.63, 3.8) is 0 Å². The normalized spacial score (nSPS) is 17.3. The summed E-state index contributed by atoms with van der Waals surface area (Å²) in [6.45, 7) is 2.76. The summed E-state index contributed by atoms with van der Waals surface area (Å²) < 4.78 is 2.28. The number of aromatic nitrogens is 3. The minimum Gasteiger partial charge on any atom is -0.396 e. The number of nitrogens with zero attached hydrogens (tertiary/aromatic N) is 3. The Bertz CT molecular complexity index is 351. The van der Waals surface area contributed by atoms with E-state index in [1.807, 2.05) is 18.0 Å². The minimum absolute atomic E-state index is 0.198. The highest BCUT2D eigenvalue weighted by Gasteiger charge is 2.41. The van der Waals surface area contributed by atoms with Crippen LogP contribution in [0, 0.1) is 0 Å². The van der Waals surface area contributed by atoms with Crippen molar-refractivity contribution < 1.29 is 5.11 Å². The van der Waals surface area contributed by atoms with Gasteiger partial charge in [-0.2, -0.15) is 11.8 Å². The van der Waals surface area contributed by atoms with Crippen LogP contribution in [0.25, 0.3) is 0 Å². The molecule has 0 aliphatic heterocycles. The van der Waals surface area contributed by atoms with Gasteiger partial charge in [0.25, 0.3) is 0 Å². The molecule has 1 heterocycles. The summed E-state index contributed by atoms with van der Waals surface area (Å²) in [5.41, 5.74) is 0.972. The molecule has 6 heteroatoms. The Morgan fingerprint density at radius 2 is 2.41 bits per heavy atom. The lowest BCUT2D eigenvalue weighted by molar-refractivity contribution is 0.276. The van der Waals surface area contributed by atoms with Gasteiger partial charge in [0.05, 0.1) is 5.69 Å². The van der Waals surface area contributed by atoms with Crippen LogP contribution < -0.4 is 5.32 Å². The van der Waals surface area contributed by atoms with Crippen molar-refractivity contribution in [2.24, 2.45) is 0 Å². The molecule has 0 saturated heterocycles. The van der Waals surface area contributed by atoms with Crippen molar-refractivity contribution >= 4 is 11.8 Å². The molecule has 17 heavy (non-hydrogen) atoms. The third-order valence-electron chi connectivity index (χ3n) is 3.13. The maximum absolute atomic E-state index is 8.72. The molecule has 2 rings (SSSR count). The highest BCUT2D eigenvalue weighted by atomic mass is 32.2. The molecule has 0 amide bonds. The average Bonchev–Trinajstić information content (AvgIpc) is 2.99. The first kappa shape index (κ1) is 12.9. The Kier molecular flexibility index (Phi) is 4.42. The van der Waals surface area contributed by atoms with E-state index in [4.69, 9.17) is 5.11 Å². The van der Waals surface area contributed by atoms with Crippen LogP contribution in [-0.4, -0.2) is 44.3 Å². The molecule has 0 aromatic carbocycles. The van der Waals surface area contributed by atoms with E-state index in [-0.39, 0.29) is 6.61 Å². The largest absolute Gasteiger partial charge is 0.396 e. The summed E-state index contributed by atoms with van der Waals surface area (Å²) in [6, 6.07) is 0. The summed E-state index contributed by atoms with van der Waals surface area (Å²) in [7, 11) is 0. The highest BCUT2D eigenvalue weighted by Crippen LogP contribution is 2.46. The van der Waals surface area contributed by atoms with Crippen molar-refractivity contribution in [2.75, 3.05) is 19.4 Å². The number of nitrogens with one attached hydrogen (secondary N) is 1. The quantitative estimate of drug-likeness (QED) is 0.715. The molecule has 0 radical (unpaired) electrons. The molecule has 0 spiro atoms. The van der Waals surface area contributed by atoms with Crippen LogP contribution >= 0.6 is 11.8 Å². The number of thioether (sulfide) groups is 1. The van der Waals surface area contributed by atoms with E-state index in [1.165, 1.54) is 12.8 Å². The molecule has 5 nitrogen and oxygen atoms in total. The van der Waals surface area contributed by atoms with Gasteiger partial charge in [-0.15, -0.1) is 5.10 Å². The smallest absolute Gasteiger partial charge is 0.0964 e. The summed E-state index contributed by atoms with van der Waals surface area (Å²) >= 11 is 1.96. The van der Waals surface area contributed by atoms with Gasteiger partial charge in [0.2, 0.25) is 0 Å². The predicted molar refractivity (Wildman–Crippen MR) is 68.9 cm³/mol. The fraction of sp³-hybridized carbons (Fsp3) is 0.818. The number of rotatable bonds is 8. The third-order valence-corrected chi connectivity index (χ3v) is 4.54. The monoisotopic (exact) mass is 256 g/mol. The Hall–Kier alpha value is -0.590. The van der Waals surface area contributed by atoms with Gasteiger partial charge in [-0.1, -0.05) is 5.21 Å². The fourth-order valence-corrected chi connectivity index (χ4v) is 2.53. The molecule has 2 N–H and O–H groups in total. The summed E-state index contributed by atoms with van der Waals surface area (Å²) in [5, 5.41) is 20.3. The summed E-state index contributed by atoms with van der Waals surface area (Å²) in [5.74, 6) is 0. The van der Waals surface area contributed by atoms with Crippen molar-refractivity contribution in [2.45, 2.75) is 37.1 Å². The number of aryl methyl sites for hydroxylation is 1. The Morgan fingerprint density at radius 3 is 3.06 bits per heavy atom. The number of hydrogen-bond donors (Lipinski definition) is 2. The Balaban J connectivity index is 1.70. The lowest BCUT2D eigenvalue weighted by atomic mass is 10.4. The molecule has 1 aromatic rings. The van der Waals surface area contributed by atoms with Gasteiger partial charge in [-0.25, -0.2) is 0 Å². The Morgan fingerprint density at radius 1 is 1.59 bits per heavy atom. The van der Waals surface area contributed by atoms with Gasteiger partial charge in [-0.3, -0.25) is 4.68 Å². The van der Waals surface area contributed by atoms with Gasteiger partial charge in [0.1, 0.15) is 0 Å². The zero-order valence-corrected chi connectivity index (χ0v) is 11.0. The van der Waals surface area contributed by atoms with E-state index in [2.05, 4.69) is 21.9 Å². The molecule has 1 aromatic heterocycles. The third kappa shape index (κ3) is 3.69. The molecular weight excluding hydrogens is 236 g/mol. The van der Waals surface area contributed by atoms with Crippen LogP contribution in [0.3, 0.4) is 0 Å². The molecule has 96 valence electrons. The van der Waals surface area contributed by atoms with Crippen LogP contribution in [0.1, 0.15) is 25.0 Å². The average molecular weight is 256 g/mol. The Labute approximate surface area is 106 Å². The first-order chi connectivity index (χ1) is 8.28. The van der Waals surface area contributed by atoms with Crippen LogP contribution in [0.4, 0.5) is 0 Å². The second-order valence-electron chi connectivity index (χ2n) is 4.54. The second-order valence-corrected chi connectivity index (χ2v) is 5.82. The maximum Gasteiger partial charge on any atom is 0.0964 e. The van der Waals surface area contributed by atoms with Crippen molar-refractivity contribution in [1.29, 1.82) is 0 Å². The zero-order valence-electron chi connectivity index (χ0n) is 10.2. The molecule has 1 aliphatic carbocycles. The van der Waals surface area contributed by atoms with Gasteiger partial charge >= 0.3 is 0 Å². The first-order valence-electron chi connectivity index (χ1n) is 6.04. The van der Waals surface area contributed by atoms with E-state index in [0.29, 0.717) is 4.75 Å². The number of aliphatic hydroxyl groups excluding tert-OH is 1. The van der Waals surface area contributed by atoms with Gasteiger partial charge in [-0.05, 0) is 25.5 Å². The standard InChI is InChI=1S/C11H20N4OS/c1-17-11(3-4-11)9-12-7-10-8-15(14-13-10)5-2-6-16/h8,12,16H,2-7,9H2,1H3. The van der Waals surface area contributed by atoms with Gasteiger partial charge in [0.15, 0.2) is 0 Å². The van der Waals surface area contributed by atoms with Crippen molar-refractivity contribution in [3.05, 3.63) is 11.9 Å². The van der Waals surface area contributed by atoms with E-state index in [1.54, 1.807) is 4.68 Å². The number of aliphatic hydroxyl groups is 1. The highest BCUT2D eigenvalue weighted by molar-refractivity contribution is 8.00. The van der Waals surface area contributed by atoms with Crippen molar-refractivity contribution in [3.8, 4) is 0 Å². The second kappa shape index (κ2) is 5.84. The first-order valence-corrected chi connectivity index (χ1v) is 7.26. The lowest BCUT2D eigenvalue weighted by Gasteiger charge is -2.11. The topological polar surface area (TPSA) is 63.0 Å². The van der Waals surface area contributed by atoms with Crippen LogP contribution in [-0.2, 0) is 13.1 Å². The zero-order chi connectivity index (χ0) is 12.1. The lowest BCUT2D eigenvalue weighted by Crippen LogP contribution is -2.25. The fourth-order valence-electron chi connectivity index (χ4n) is 1.77. The SMILES string of the molecule is CSC1(CNCc2cn(CCCO)nn2)CC1. The maximum atomic E-state index is 8.72. The van der Waals surface area contributed by atoms with Crippen LogP contribution in [0.5, 0.6) is 0 Å². The number of hydrogen-bond acceptors (Lipinski definition) is 5. The predicted octanol–water partition coefficient (Wildman–Crippen LogP) is 0.646. The van der Waals surface area contributed by atoms with E-state index in [0.717, 1.165) is 31.7 Å². The van der Waals surface area contributed by atoms with E-state index in [9.17, 15) is 0 Å². The summed E-state index contributed by atoms with van der Waals surface area (Å²) in [6.07, 6.45) is 7.50. The minimum atomic E-state index is 0.198. The van der Waals surface area contributed by atoms with Gasteiger partial charge < -0.3 is 10.4 Å². The van der Waals surface area contributed by atoms with Gasteiger partial charge in [0, 0.05) is 37.2 Å². The van der Waals surface area contributed by atoms with Crippen molar-refractivity contribution in [1.82, 2.24) is 20.3 Å². The van der Waals surface area contributed by atoms with Crippen LogP contribution in [0.15, 0.2) is 6.20 Å². The van der Waals surface area contributed by atoms with Crippen LogP contribution in [0.2, 0.25) is 0 Å². The molecule has 0 atom stereocenters. The molecule has 1 aliphatic rings. The molecular formula is C11H20N4OS. The van der Waals surface area contributed by atoms with E-state index < -0.39 is 0 Å². The molecule has 1 fully saturated rings. The van der Waals surface area contributed by atoms with E-state index >= 15 is 0 Å². The molecule has 0 bridgehead atoms. The molecule has 0 unspecified atom stereocenters. The summed E-state index contributed by atoms with van der Waals surface area (Å²) in [4.78, 5) is 0.